The van der Waals surface area contributed by atoms with E-state index in [2.05, 4.69) is 20.3 Å². The Balaban J connectivity index is 1.32. The van der Waals surface area contributed by atoms with Crippen molar-refractivity contribution in [1.29, 1.82) is 0 Å². The van der Waals surface area contributed by atoms with Crippen LogP contribution in [0.1, 0.15) is 21.6 Å². The summed E-state index contributed by atoms with van der Waals surface area (Å²) in [7, 11) is 1.29. The third-order valence-corrected chi connectivity index (χ3v) is 8.27. The number of fused-ring (bicyclic) bond motifs is 1. The van der Waals surface area contributed by atoms with Gasteiger partial charge in [0.15, 0.2) is 5.82 Å². The lowest BCUT2D eigenvalue weighted by molar-refractivity contribution is 0.102. The molecule has 0 saturated heterocycles. The molecule has 0 aliphatic carbocycles. The van der Waals surface area contributed by atoms with Crippen molar-refractivity contribution in [2.24, 2.45) is 0 Å². The highest BCUT2D eigenvalue weighted by atomic mass is 32.2. The van der Waals surface area contributed by atoms with E-state index in [1.807, 2.05) is 6.92 Å². The van der Waals surface area contributed by atoms with Crippen LogP contribution in [0.3, 0.4) is 0 Å². The number of benzene rings is 4. The molecule has 4 aromatic carbocycles. The standard InChI is InChI=1S/C35H28F2N6O5S/c1-20-26-13-23(24-14-31(35(47-2)39-17-24)43(49(45)46)30-12-11-25(36)16-27(30)37)15-32(33(26)41-19-40-20)48-18-21-7-9-22(10-8-21)34(44)42-29-6-4-3-5-28(29)38/h3-17,19H,18,38H2,1-2H3,(H,42,44)(H,45,46)/p-1. The van der Waals surface area contributed by atoms with Crippen LogP contribution < -0.4 is 24.8 Å². The maximum absolute atomic E-state index is 14.8. The molecule has 0 bridgehead atoms. The van der Waals surface area contributed by atoms with E-state index in [-0.39, 0.29) is 24.1 Å². The lowest BCUT2D eigenvalue weighted by Gasteiger charge is -2.28. The van der Waals surface area contributed by atoms with Crippen molar-refractivity contribution in [1.82, 2.24) is 15.0 Å². The predicted molar refractivity (Wildman–Crippen MR) is 181 cm³/mol. The Morgan fingerprint density at radius 1 is 0.959 bits per heavy atom. The number of aromatic nitrogens is 3. The first-order valence-corrected chi connectivity index (χ1v) is 15.7. The van der Waals surface area contributed by atoms with Crippen molar-refractivity contribution in [2.75, 3.05) is 22.5 Å². The van der Waals surface area contributed by atoms with Crippen LogP contribution in [-0.2, 0) is 17.9 Å². The number of hydrogen-bond donors (Lipinski definition) is 2. The van der Waals surface area contributed by atoms with E-state index in [9.17, 15) is 22.3 Å². The van der Waals surface area contributed by atoms with Crippen LogP contribution in [0, 0.1) is 18.6 Å². The van der Waals surface area contributed by atoms with E-state index in [1.54, 1.807) is 60.7 Å². The third-order valence-electron chi connectivity index (χ3n) is 7.58. The van der Waals surface area contributed by atoms with E-state index in [1.165, 1.54) is 25.7 Å². The molecule has 49 heavy (non-hydrogen) atoms. The van der Waals surface area contributed by atoms with Gasteiger partial charge in [0.1, 0.15) is 35.7 Å². The second-order valence-corrected chi connectivity index (χ2v) is 11.5. The number of halogens is 2. The van der Waals surface area contributed by atoms with E-state index in [0.29, 0.717) is 60.8 Å². The molecule has 11 nitrogen and oxygen atoms in total. The van der Waals surface area contributed by atoms with Gasteiger partial charge in [0.05, 0.1) is 35.4 Å². The lowest BCUT2D eigenvalue weighted by atomic mass is 10.0. The van der Waals surface area contributed by atoms with Crippen LogP contribution in [-0.4, -0.2) is 36.7 Å². The van der Waals surface area contributed by atoms with Crippen molar-refractivity contribution in [3.8, 4) is 22.8 Å². The Morgan fingerprint density at radius 2 is 1.73 bits per heavy atom. The first-order valence-electron chi connectivity index (χ1n) is 14.6. The lowest BCUT2D eigenvalue weighted by Crippen LogP contribution is -2.22. The number of carbonyl (C=O) groups is 1. The van der Waals surface area contributed by atoms with Crippen molar-refractivity contribution in [3.63, 3.8) is 0 Å². The fourth-order valence-electron chi connectivity index (χ4n) is 5.09. The van der Waals surface area contributed by atoms with Crippen LogP contribution in [0.15, 0.2) is 97.5 Å². The fourth-order valence-corrected chi connectivity index (χ4v) is 5.69. The molecule has 6 rings (SSSR count). The van der Waals surface area contributed by atoms with Crippen LogP contribution in [0.4, 0.5) is 31.5 Å². The molecule has 1 amide bonds. The molecule has 1 unspecified atom stereocenters. The summed E-state index contributed by atoms with van der Waals surface area (Å²) in [4.78, 5) is 25.8. The minimum absolute atomic E-state index is 0.110. The summed E-state index contributed by atoms with van der Waals surface area (Å²) in [6.07, 6.45) is 2.88. The SMILES string of the molecule is COc1ncc(-c2cc(OCc3ccc(C(=O)Nc4ccccc4N)cc3)c3ncnc(C)c3c2)cc1N(c1ccc(F)cc1F)S(=O)[O-]. The van der Waals surface area contributed by atoms with Crippen molar-refractivity contribution in [2.45, 2.75) is 13.5 Å². The summed E-state index contributed by atoms with van der Waals surface area (Å²) in [6, 6.07) is 21.4. The van der Waals surface area contributed by atoms with Gasteiger partial charge < -0.3 is 25.1 Å². The van der Waals surface area contributed by atoms with Crippen molar-refractivity contribution < 1.29 is 31.8 Å². The number of nitrogens with two attached hydrogens (primary N) is 1. The minimum Gasteiger partial charge on any atom is -0.755 e. The molecular weight excluding hydrogens is 654 g/mol. The molecule has 14 heteroatoms. The van der Waals surface area contributed by atoms with Gasteiger partial charge in [0.2, 0.25) is 5.88 Å². The number of rotatable bonds is 10. The fraction of sp³-hybridized carbons (Fsp3) is 0.0857. The zero-order valence-electron chi connectivity index (χ0n) is 26.0. The molecule has 1 atom stereocenters. The zero-order valence-corrected chi connectivity index (χ0v) is 26.8. The highest BCUT2D eigenvalue weighted by molar-refractivity contribution is 7.81. The highest BCUT2D eigenvalue weighted by Crippen LogP contribution is 2.39. The minimum atomic E-state index is -3.04. The second kappa shape index (κ2) is 14.0. The molecule has 248 valence electrons. The molecule has 0 fully saturated rings. The first kappa shape index (κ1) is 32.9. The molecule has 2 aromatic heterocycles. The average molecular weight is 682 g/mol. The zero-order chi connectivity index (χ0) is 34.7. The van der Waals surface area contributed by atoms with Gasteiger partial charge in [-0.2, -0.15) is 0 Å². The van der Waals surface area contributed by atoms with E-state index < -0.39 is 28.6 Å². The second-order valence-electron chi connectivity index (χ2n) is 10.7. The van der Waals surface area contributed by atoms with Crippen LogP contribution in [0.25, 0.3) is 22.0 Å². The van der Waals surface area contributed by atoms with Crippen LogP contribution >= 0.6 is 0 Å². The molecule has 3 N–H and O–H groups in total. The Hall–Kier alpha value is -5.99. The number of methoxy groups -OCH3 is 1. The Morgan fingerprint density at radius 3 is 2.45 bits per heavy atom. The van der Waals surface area contributed by atoms with E-state index in [0.717, 1.165) is 17.7 Å². The monoisotopic (exact) mass is 681 g/mol. The number of anilines is 4. The summed E-state index contributed by atoms with van der Waals surface area (Å²) >= 11 is -3.04. The molecule has 6 aromatic rings. The number of pyridine rings is 1. The summed E-state index contributed by atoms with van der Waals surface area (Å²) in [5.74, 6) is -2.00. The number of hydrogen-bond acceptors (Lipinski definition) is 9. The van der Waals surface area contributed by atoms with Gasteiger partial charge in [-0.15, -0.1) is 0 Å². The molecule has 0 saturated carbocycles. The molecule has 2 heterocycles. The molecule has 0 aliphatic heterocycles. The smallest absolute Gasteiger partial charge is 0.255 e. The van der Waals surface area contributed by atoms with E-state index >= 15 is 0 Å². The Bertz CT molecular complexity index is 2220. The van der Waals surface area contributed by atoms with Gasteiger partial charge in [-0.3, -0.25) is 13.3 Å². The molecular formula is C35H27F2N6O5S-. The number of carbonyl (C=O) groups excluding carboxylic acids is 1. The maximum atomic E-state index is 14.8. The predicted octanol–water partition coefficient (Wildman–Crippen LogP) is 6.63. The summed E-state index contributed by atoms with van der Waals surface area (Å²) in [5, 5.41) is 3.46. The van der Waals surface area contributed by atoms with Crippen LogP contribution in [0.2, 0.25) is 0 Å². The van der Waals surface area contributed by atoms with Crippen LogP contribution in [0.5, 0.6) is 11.6 Å². The summed E-state index contributed by atoms with van der Waals surface area (Å²) in [6.45, 7) is 1.93. The van der Waals surface area contributed by atoms with Gasteiger partial charge in [0, 0.05) is 34.5 Å². The van der Waals surface area contributed by atoms with E-state index in [4.69, 9.17) is 15.2 Å². The Labute approximate surface area is 281 Å². The van der Waals surface area contributed by atoms with Gasteiger partial charge >= 0.3 is 0 Å². The number of aryl methyl sites for hydroxylation is 1. The number of nitrogen functional groups attached to an aromatic ring is 1. The number of amides is 1. The number of ether oxygens (including phenoxy) is 2. The van der Waals surface area contributed by atoms with Crippen molar-refractivity contribution in [3.05, 3.63) is 126 Å². The number of nitrogens with zero attached hydrogens (tertiary/aromatic N) is 4. The number of para-hydroxylation sites is 2. The molecule has 0 spiro atoms. The normalized spacial score (nSPS) is 11.6. The highest BCUT2D eigenvalue weighted by Gasteiger charge is 2.22. The third kappa shape index (κ3) is 7.00. The molecule has 0 radical (unpaired) electrons. The van der Waals surface area contributed by atoms with Gasteiger partial charge in [0.25, 0.3) is 5.91 Å². The largest absolute Gasteiger partial charge is 0.755 e. The van der Waals surface area contributed by atoms with Gasteiger partial charge in [-0.05, 0) is 72.6 Å². The summed E-state index contributed by atoms with van der Waals surface area (Å²) in [5.41, 5.74) is 9.74. The quantitative estimate of drug-likeness (QED) is 0.120. The van der Waals surface area contributed by atoms with Gasteiger partial charge in [-0.25, -0.2) is 23.7 Å². The maximum Gasteiger partial charge on any atom is 0.255 e. The number of nitrogens with one attached hydrogen (secondary N) is 1. The molecule has 0 aliphatic rings. The first-order chi connectivity index (χ1) is 23.6. The Kier molecular flexibility index (Phi) is 9.42. The topological polar surface area (TPSA) is 156 Å². The summed E-state index contributed by atoms with van der Waals surface area (Å²) < 4.78 is 65.5. The van der Waals surface area contributed by atoms with Gasteiger partial charge in [-0.1, -0.05) is 24.3 Å². The van der Waals surface area contributed by atoms with Crippen molar-refractivity contribution >= 4 is 50.8 Å². The average Bonchev–Trinajstić information content (AvgIpc) is 3.09.